The van der Waals surface area contributed by atoms with Gasteiger partial charge in [-0.1, -0.05) is 6.07 Å². The van der Waals surface area contributed by atoms with Crippen LogP contribution in [0, 0.1) is 11.6 Å². The molecule has 4 heteroatoms. The fraction of sp³-hybridized carbons (Fsp3) is 0.250. The van der Waals surface area contributed by atoms with Gasteiger partial charge < -0.3 is 5.11 Å². The van der Waals surface area contributed by atoms with E-state index in [9.17, 15) is 8.78 Å². The first kappa shape index (κ1) is 9.61. The van der Waals surface area contributed by atoms with E-state index in [1.165, 1.54) is 6.07 Å². The summed E-state index contributed by atoms with van der Waals surface area (Å²) in [5, 5.41) is 8.53. The Morgan fingerprint density at radius 1 is 1.33 bits per heavy atom. The van der Waals surface area contributed by atoms with E-state index in [1.54, 1.807) is 0 Å². The summed E-state index contributed by atoms with van der Waals surface area (Å²) in [6.45, 7) is -0.144. The lowest BCUT2D eigenvalue weighted by molar-refractivity contribution is 0.297. The Labute approximate surface area is 77.2 Å². The van der Waals surface area contributed by atoms with Crippen molar-refractivity contribution >= 4 is 15.9 Å². The molecule has 0 fully saturated rings. The zero-order valence-electron chi connectivity index (χ0n) is 6.15. The first-order chi connectivity index (χ1) is 5.66. The van der Waals surface area contributed by atoms with E-state index in [-0.39, 0.29) is 17.5 Å². The largest absolute Gasteiger partial charge is 0.396 e. The van der Waals surface area contributed by atoms with E-state index in [0.29, 0.717) is 5.56 Å². The SMILES string of the molecule is OCCc1ccc(F)c(Br)c1F. The molecule has 0 aliphatic rings. The second kappa shape index (κ2) is 3.96. The van der Waals surface area contributed by atoms with Crippen LogP contribution in [0.25, 0.3) is 0 Å². The number of aliphatic hydroxyl groups excluding tert-OH is 1. The quantitative estimate of drug-likeness (QED) is 0.782. The van der Waals surface area contributed by atoms with E-state index >= 15 is 0 Å². The third-order valence-electron chi connectivity index (χ3n) is 1.50. The van der Waals surface area contributed by atoms with Crippen LogP contribution in [0.1, 0.15) is 5.56 Å². The van der Waals surface area contributed by atoms with Crippen molar-refractivity contribution in [2.24, 2.45) is 0 Å². The summed E-state index contributed by atoms with van der Waals surface area (Å²) >= 11 is 2.77. The molecule has 0 aliphatic carbocycles. The molecule has 66 valence electrons. The third kappa shape index (κ3) is 1.81. The predicted molar refractivity (Wildman–Crippen MR) is 44.8 cm³/mol. The average molecular weight is 237 g/mol. The molecule has 1 nitrogen and oxygen atoms in total. The van der Waals surface area contributed by atoms with Gasteiger partial charge in [0.05, 0.1) is 4.47 Å². The lowest BCUT2D eigenvalue weighted by Crippen LogP contribution is -1.97. The highest BCUT2D eigenvalue weighted by atomic mass is 79.9. The van der Waals surface area contributed by atoms with Gasteiger partial charge in [0.25, 0.3) is 0 Å². The molecular weight excluding hydrogens is 230 g/mol. The average Bonchev–Trinajstić information content (AvgIpc) is 2.07. The van der Waals surface area contributed by atoms with Gasteiger partial charge in [0, 0.05) is 6.61 Å². The predicted octanol–water partition coefficient (Wildman–Crippen LogP) is 2.26. The fourth-order valence-electron chi connectivity index (χ4n) is 0.879. The second-order valence-corrected chi connectivity index (χ2v) is 3.10. The highest BCUT2D eigenvalue weighted by Crippen LogP contribution is 2.22. The van der Waals surface area contributed by atoms with Gasteiger partial charge in [0.1, 0.15) is 11.6 Å². The molecule has 0 saturated carbocycles. The molecule has 0 unspecified atom stereocenters. The summed E-state index contributed by atoms with van der Waals surface area (Å²) in [6, 6.07) is 2.49. The number of aliphatic hydroxyl groups is 1. The topological polar surface area (TPSA) is 20.2 Å². The van der Waals surface area contributed by atoms with Crippen LogP contribution >= 0.6 is 15.9 Å². The van der Waals surface area contributed by atoms with Gasteiger partial charge in [-0.25, -0.2) is 8.78 Å². The number of rotatable bonds is 2. The van der Waals surface area contributed by atoms with Crippen molar-refractivity contribution in [2.45, 2.75) is 6.42 Å². The van der Waals surface area contributed by atoms with Gasteiger partial charge in [-0.2, -0.15) is 0 Å². The lowest BCUT2D eigenvalue weighted by atomic mass is 10.1. The number of halogens is 3. The van der Waals surface area contributed by atoms with Crippen LogP contribution in [-0.2, 0) is 6.42 Å². The monoisotopic (exact) mass is 236 g/mol. The molecule has 0 aliphatic heterocycles. The molecule has 1 N–H and O–H groups in total. The summed E-state index contributed by atoms with van der Waals surface area (Å²) in [6.07, 6.45) is 0.199. The number of hydrogen-bond acceptors (Lipinski definition) is 1. The molecular formula is C8H7BrF2O. The molecule has 12 heavy (non-hydrogen) atoms. The van der Waals surface area contributed by atoms with Gasteiger partial charge in [-0.05, 0) is 34.0 Å². The Bertz CT molecular complexity index is 289. The highest BCUT2D eigenvalue weighted by molar-refractivity contribution is 9.10. The fourth-order valence-corrected chi connectivity index (χ4v) is 1.27. The van der Waals surface area contributed by atoms with Gasteiger partial charge >= 0.3 is 0 Å². The van der Waals surface area contributed by atoms with E-state index < -0.39 is 11.6 Å². The van der Waals surface area contributed by atoms with Crippen LogP contribution in [0.3, 0.4) is 0 Å². The van der Waals surface area contributed by atoms with Crippen LogP contribution < -0.4 is 0 Å². The summed E-state index contributed by atoms with van der Waals surface area (Å²) in [4.78, 5) is 0. The standard InChI is InChI=1S/C8H7BrF2O/c9-7-6(10)2-1-5(3-4-12)8(7)11/h1-2,12H,3-4H2. The van der Waals surface area contributed by atoms with Crippen molar-refractivity contribution in [3.63, 3.8) is 0 Å². The van der Waals surface area contributed by atoms with E-state index in [0.717, 1.165) is 6.07 Å². The van der Waals surface area contributed by atoms with Crippen LogP contribution in [0.15, 0.2) is 16.6 Å². The molecule has 1 rings (SSSR count). The Kier molecular flexibility index (Phi) is 3.17. The van der Waals surface area contributed by atoms with Crippen LogP contribution in [0.5, 0.6) is 0 Å². The Morgan fingerprint density at radius 2 is 2.00 bits per heavy atom. The first-order valence-electron chi connectivity index (χ1n) is 3.40. The zero-order chi connectivity index (χ0) is 9.14. The molecule has 0 aromatic heterocycles. The normalized spacial score (nSPS) is 10.3. The van der Waals surface area contributed by atoms with Crippen molar-refractivity contribution in [3.05, 3.63) is 33.8 Å². The van der Waals surface area contributed by atoms with Crippen LogP contribution in [0.4, 0.5) is 8.78 Å². The lowest BCUT2D eigenvalue weighted by Gasteiger charge is -2.02. The molecule has 0 atom stereocenters. The Hall–Kier alpha value is -0.480. The van der Waals surface area contributed by atoms with E-state index in [1.807, 2.05) is 0 Å². The van der Waals surface area contributed by atoms with Gasteiger partial charge in [-0.3, -0.25) is 0 Å². The van der Waals surface area contributed by atoms with Gasteiger partial charge in [-0.15, -0.1) is 0 Å². The second-order valence-electron chi connectivity index (χ2n) is 2.31. The summed E-state index contributed by atoms with van der Waals surface area (Å²) < 4.78 is 25.5. The minimum absolute atomic E-state index is 0.144. The van der Waals surface area contributed by atoms with E-state index in [2.05, 4.69) is 15.9 Å². The van der Waals surface area contributed by atoms with Crippen molar-refractivity contribution in [3.8, 4) is 0 Å². The number of hydrogen-bond donors (Lipinski definition) is 1. The van der Waals surface area contributed by atoms with Crippen molar-refractivity contribution in [1.29, 1.82) is 0 Å². The smallest absolute Gasteiger partial charge is 0.143 e. The van der Waals surface area contributed by atoms with Crippen LogP contribution in [0.2, 0.25) is 0 Å². The molecule has 1 aromatic carbocycles. The maximum absolute atomic E-state index is 13.1. The minimum atomic E-state index is -0.635. The maximum Gasteiger partial charge on any atom is 0.143 e. The molecule has 0 saturated heterocycles. The molecule has 0 heterocycles. The molecule has 0 spiro atoms. The molecule has 0 bridgehead atoms. The van der Waals surface area contributed by atoms with Crippen LogP contribution in [-0.4, -0.2) is 11.7 Å². The molecule has 0 radical (unpaired) electrons. The molecule has 0 amide bonds. The van der Waals surface area contributed by atoms with Crippen molar-refractivity contribution < 1.29 is 13.9 Å². The number of benzene rings is 1. The maximum atomic E-state index is 13.1. The summed E-state index contributed by atoms with van der Waals surface area (Å²) in [5.41, 5.74) is 0.311. The molecule has 1 aromatic rings. The Balaban J connectivity index is 3.08. The third-order valence-corrected chi connectivity index (χ3v) is 2.22. The van der Waals surface area contributed by atoms with Crippen molar-refractivity contribution in [2.75, 3.05) is 6.61 Å². The van der Waals surface area contributed by atoms with Gasteiger partial charge in [0.15, 0.2) is 0 Å². The summed E-state index contributed by atoms with van der Waals surface area (Å²) in [7, 11) is 0. The van der Waals surface area contributed by atoms with Gasteiger partial charge in [0.2, 0.25) is 0 Å². The first-order valence-corrected chi connectivity index (χ1v) is 4.19. The van der Waals surface area contributed by atoms with E-state index in [4.69, 9.17) is 5.11 Å². The van der Waals surface area contributed by atoms with Crippen molar-refractivity contribution in [1.82, 2.24) is 0 Å². The zero-order valence-corrected chi connectivity index (χ0v) is 7.74. The Morgan fingerprint density at radius 3 is 2.58 bits per heavy atom. The summed E-state index contributed by atoms with van der Waals surface area (Å²) in [5.74, 6) is -1.27. The highest BCUT2D eigenvalue weighted by Gasteiger charge is 2.09. The minimum Gasteiger partial charge on any atom is -0.396 e.